The van der Waals surface area contributed by atoms with Crippen LogP contribution in [0.5, 0.6) is 0 Å². The van der Waals surface area contributed by atoms with Crippen molar-refractivity contribution in [3.05, 3.63) is 42.2 Å². The van der Waals surface area contributed by atoms with Gasteiger partial charge in [-0.25, -0.2) is 0 Å². The van der Waals surface area contributed by atoms with Crippen molar-refractivity contribution in [3.8, 4) is 17.3 Å². The zero-order valence-corrected chi connectivity index (χ0v) is 11.1. The summed E-state index contributed by atoms with van der Waals surface area (Å²) in [5.74, 6) is 0.876. The summed E-state index contributed by atoms with van der Waals surface area (Å²) in [4.78, 5) is 1.45. The van der Waals surface area contributed by atoms with E-state index in [2.05, 4.69) is 46.3 Å². The molecule has 0 bridgehead atoms. The van der Waals surface area contributed by atoms with E-state index in [9.17, 15) is 0 Å². The summed E-state index contributed by atoms with van der Waals surface area (Å²) in [5, 5.41) is 33.7. The summed E-state index contributed by atoms with van der Waals surface area (Å²) < 4.78 is 1.41. The van der Waals surface area contributed by atoms with Crippen LogP contribution in [0.15, 0.2) is 36.5 Å². The van der Waals surface area contributed by atoms with E-state index >= 15 is 0 Å². The van der Waals surface area contributed by atoms with Crippen LogP contribution < -0.4 is 0 Å². The van der Waals surface area contributed by atoms with E-state index in [1.807, 2.05) is 30.3 Å². The van der Waals surface area contributed by atoms with Gasteiger partial charge in [0.2, 0.25) is 5.82 Å². The van der Waals surface area contributed by atoms with Crippen LogP contribution in [-0.2, 0) is 6.54 Å². The fraction of sp³-hybridized carbons (Fsp3) is 0.0909. The van der Waals surface area contributed by atoms with Crippen LogP contribution >= 0.6 is 0 Å². The molecule has 0 saturated heterocycles. The average molecular weight is 295 g/mol. The normalized spacial score (nSPS) is 10.9. The van der Waals surface area contributed by atoms with Gasteiger partial charge in [-0.1, -0.05) is 40.6 Å². The number of aromatic amines is 1. The van der Waals surface area contributed by atoms with Crippen molar-refractivity contribution in [1.29, 1.82) is 0 Å². The van der Waals surface area contributed by atoms with Crippen LogP contribution in [0.25, 0.3) is 17.3 Å². The molecule has 0 amide bonds. The Bertz CT molecular complexity index is 860. The van der Waals surface area contributed by atoms with Gasteiger partial charge < -0.3 is 0 Å². The highest BCUT2D eigenvalue weighted by molar-refractivity contribution is 5.52. The lowest BCUT2D eigenvalue weighted by Crippen LogP contribution is -2.04. The summed E-state index contributed by atoms with van der Waals surface area (Å²) in [7, 11) is 0. The van der Waals surface area contributed by atoms with Gasteiger partial charge in [0.25, 0.3) is 5.95 Å². The van der Waals surface area contributed by atoms with Gasteiger partial charge in [-0.3, -0.25) is 0 Å². The van der Waals surface area contributed by atoms with Gasteiger partial charge in [-0.15, -0.1) is 20.4 Å². The fourth-order valence-corrected chi connectivity index (χ4v) is 1.88. The minimum absolute atomic E-state index is 0.315. The molecule has 0 unspecified atom stereocenters. The predicted octanol–water partition coefficient (Wildman–Crippen LogP) is -0.518. The lowest BCUT2D eigenvalue weighted by atomic mass is 10.2. The number of rotatable bonds is 4. The fourth-order valence-electron chi connectivity index (χ4n) is 1.88. The highest BCUT2D eigenvalue weighted by Crippen LogP contribution is 2.12. The Labute approximate surface area is 123 Å². The summed E-state index contributed by atoms with van der Waals surface area (Å²) in [6.07, 6.45) is 1.68. The van der Waals surface area contributed by atoms with Crippen LogP contribution in [0.1, 0.15) is 5.69 Å². The van der Waals surface area contributed by atoms with E-state index in [1.165, 1.54) is 9.48 Å². The first-order chi connectivity index (χ1) is 10.9. The number of benzene rings is 1. The second-order valence-electron chi connectivity index (χ2n) is 4.38. The number of H-pyrrole nitrogens is 1. The molecule has 1 N–H and O–H groups in total. The lowest BCUT2D eigenvalue weighted by molar-refractivity contribution is 0.563. The minimum atomic E-state index is 0.315. The molecule has 0 spiro atoms. The topological polar surface area (TPSA) is 129 Å². The molecule has 3 aromatic heterocycles. The van der Waals surface area contributed by atoms with Gasteiger partial charge in [-0.2, -0.15) is 14.7 Å². The number of aromatic nitrogens is 11. The Morgan fingerprint density at radius 2 is 1.91 bits per heavy atom. The van der Waals surface area contributed by atoms with E-state index in [0.29, 0.717) is 24.0 Å². The summed E-state index contributed by atoms with van der Waals surface area (Å²) in [5.41, 5.74) is 1.56. The lowest BCUT2D eigenvalue weighted by Gasteiger charge is -1.93. The van der Waals surface area contributed by atoms with Crippen molar-refractivity contribution < 1.29 is 0 Å². The number of hydrogen-bond donors (Lipinski definition) is 1. The van der Waals surface area contributed by atoms with Gasteiger partial charge in [0, 0.05) is 5.56 Å². The summed E-state index contributed by atoms with van der Waals surface area (Å²) in [6, 6.07) is 9.63. The molecule has 0 fully saturated rings. The summed E-state index contributed by atoms with van der Waals surface area (Å²) >= 11 is 0. The van der Waals surface area contributed by atoms with E-state index < -0.39 is 0 Å². The van der Waals surface area contributed by atoms with Crippen LogP contribution in [-0.4, -0.2) is 55.8 Å². The molecule has 3 heterocycles. The van der Waals surface area contributed by atoms with Gasteiger partial charge in [0.05, 0.1) is 6.20 Å². The Kier molecular flexibility index (Phi) is 2.85. The van der Waals surface area contributed by atoms with Crippen molar-refractivity contribution in [3.63, 3.8) is 0 Å². The quantitative estimate of drug-likeness (QED) is 0.532. The SMILES string of the molecule is c1ccc(-c2nnn(Cc3cn(-c4nn[nH]n4)nn3)n2)cc1. The van der Waals surface area contributed by atoms with Crippen molar-refractivity contribution >= 4 is 0 Å². The van der Waals surface area contributed by atoms with Gasteiger partial charge in [-0.05, 0) is 10.4 Å². The maximum Gasteiger partial charge on any atom is 0.291 e. The Hall–Kier alpha value is -3.50. The number of nitrogens with zero attached hydrogens (tertiary/aromatic N) is 10. The smallest absolute Gasteiger partial charge is 0.183 e. The molecule has 4 rings (SSSR count). The Morgan fingerprint density at radius 1 is 1.00 bits per heavy atom. The molecule has 0 radical (unpaired) electrons. The maximum atomic E-state index is 4.32. The van der Waals surface area contributed by atoms with Crippen LogP contribution in [0.3, 0.4) is 0 Å². The molecule has 1 aromatic carbocycles. The van der Waals surface area contributed by atoms with Gasteiger partial charge in [0.15, 0.2) is 0 Å². The van der Waals surface area contributed by atoms with E-state index in [1.54, 1.807) is 6.20 Å². The summed E-state index contributed by atoms with van der Waals surface area (Å²) in [6.45, 7) is 0.345. The second-order valence-corrected chi connectivity index (χ2v) is 4.38. The monoisotopic (exact) mass is 295 g/mol. The largest absolute Gasteiger partial charge is 0.291 e. The standard InChI is InChI=1S/C11H9N11/c1-2-4-8(5-3-1)10-13-20-22(16-10)7-9-6-21(19-12-9)11-14-17-18-15-11/h1-6H,7H2,(H,14,15,17,18). The highest BCUT2D eigenvalue weighted by atomic mass is 15.6. The first-order valence-electron chi connectivity index (χ1n) is 6.37. The molecule has 0 saturated carbocycles. The molecule has 0 atom stereocenters. The van der Waals surface area contributed by atoms with E-state index in [4.69, 9.17) is 0 Å². The third kappa shape index (κ3) is 2.30. The van der Waals surface area contributed by atoms with Crippen molar-refractivity contribution in [2.45, 2.75) is 6.54 Å². The third-order valence-electron chi connectivity index (χ3n) is 2.87. The van der Waals surface area contributed by atoms with Crippen LogP contribution in [0.4, 0.5) is 0 Å². The average Bonchev–Trinajstić information content (AvgIpc) is 3.30. The van der Waals surface area contributed by atoms with Crippen molar-refractivity contribution in [2.24, 2.45) is 0 Å². The zero-order chi connectivity index (χ0) is 14.8. The van der Waals surface area contributed by atoms with Crippen molar-refractivity contribution in [1.82, 2.24) is 55.8 Å². The molecule has 11 nitrogen and oxygen atoms in total. The second kappa shape index (κ2) is 5.12. The Balaban J connectivity index is 1.54. The van der Waals surface area contributed by atoms with E-state index in [-0.39, 0.29) is 0 Å². The van der Waals surface area contributed by atoms with Gasteiger partial charge >= 0.3 is 0 Å². The number of nitrogens with one attached hydrogen (secondary N) is 1. The molecular formula is C11H9N11. The highest BCUT2D eigenvalue weighted by Gasteiger charge is 2.10. The molecule has 0 aliphatic heterocycles. The third-order valence-corrected chi connectivity index (χ3v) is 2.87. The first-order valence-corrected chi connectivity index (χ1v) is 6.37. The molecule has 11 heteroatoms. The minimum Gasteiger partial charge on any atom is -0.183 e. The van der Waals surface area contributed by atoms with Crippen LogP contribution in [0.2, 0.25) is 0 Å². The number of hydrogen-bond acceptors (Lipinski definition) is 8. The van der Waals surface area contributed by atoms with Gasteiger partial charge in [0.1, 0.15) is 12.2 Å². The molecule has 108 valence electrons. The molecule has 0 aliphatic rings. The zero-order valence-electron chi connectivity index (χ0n) is 11.1. The molecular weight excluding hydrogens is 286 g/mol. The first kappa shape index (κ1) is 12.3. The molecule has 22 heavy (non-hydrogen) atoms. The van der Waals surface area contributed by atoms with Crippen LogP contribution in [0, 0.1) is 0 Å². The van der Waals surface area contributed by atoms with Crippen molar-refractivity contribution in [2.75, 3.05) is 0 Å². The molecule has 0 aliphatic carbocycles. The molecule has 4 aromatic rings. The number of tetrazole rings is 2. The maximum absolute atomic E-state index is 4.32. The predicted molar refractivity (Wildman–Crippen MR) is 71.4 cm³/mol. The Morgan fingerprint density at radius 3 is 2.73 bits per heavy atom. The van der Waals surface area contributed by atoms with E-state index in [0.717, 1.165) is 5.56 Å².